The van der Waals surface area contributed by atoms with Crippen LogP contribution in [0.4, 0.5) is 0 Å². The molecule has 0 aliphatic rings. The third-order valence-corrected chi connectivity index (χ3v) is 3.17. The molecule has 1 N–H and O–H groups in total. The van der Waals surface area contributed by atoms with Crippen LogP contribution in [0.15, 0.2) is 12.2 Å². The molecule has 0 bridgehead atoms. The van der Waals surface area contributed by atoms with Gasteiger partial charge in [-0.25, -0.2) is 0 Å². The first-order valence-electron chi connectivity index (χ1n) is 5.55. The lowest BCUT2D eigenvalue weighted by Crippen LogP contribution is -2.32. The molecule has 1 unspecified atom stereocenters. The smallest absolute Gasteiger partial charge is 0.0195 e. The van der Waals surface area contributed by atoms with Gasteiger partial charge in [-0.3, -0.25) is 0 Å². The third-order valence-electron chi connectivity index (χ3n) is 1.91. The summed E-state index contributed by atoms with van der Waals surface area (Å²) in [6, 6.07) is 0.611. The Bertz CT molecular complexity index is 154. The number of hydrogen-bond acceptors (Lipinski definition) is 2. The van der Waals surface area contributed by atoms with E-state index in [1.54, 1.807) is 0 Å². The predicted octanol–water partition coefficient (Wildman–Crippen LogP) is 3.46. The van der Waals surface area contributed by atoms with E-state index in [-0.39, 0.29) is 0 Å². The van der Waals surface area contributed by atoms with Gasteiger partial charge < -0.3 is 5.32 Å². The maximum absolute atomic E-state index is 3.98. The van der Waals surface area contributed by atoms with Crippen molar-refractivity contribution in [1.29, 1.82) is 0 Å². The molecule has 0 saturated heterocycles. The lowest BCUT2D eigenvalue weighted by molar-refractivity contribution is 0.548. The average molecular weight is 215 g/mol. The lowest BCUT2D eigenvalue weighted by atomic mass is 10.1. The van der Waals surface area contributed by atoms with E-state index in [4.69, 9.17) is 0 Å². The summed E-state index contributed by atoms with van der Waals surface area (Å²) < 4.78 is 0. The van der Waals surface area contributed by atoms with Crippen LogP contribution in [0, 0.1) is 0 Å². The minimum atomic E-state index is 0.611. The van der Waals surface area contributed by atoms with Crippen LogP contribution in [0.2, 0.25) is 0 Å². The SMILES string of the molecule is C=C(C)CC(CSC(C)C)NCCC. The molecule has 0 aliphatic heterocycles. The second-order valence-electron chi connectivity index (χ2n) is 4.19. The largest absolute Gasteiger partial charge is 0.313 e. The Morgan fingerprint density at radius 3 is 2.50 bits per heavy atom. The van der Waals surface area contributed by atoms with Crippen molar-refractivity contribution in [3.05, 3.63) is 12.2 Å². The molecule has 0 fully saturated rings. The molecule has 0 heterocycles. The maximum atomic E-state index is 3.98. The molecule has 0 spiro atoms. The van der Waals surface area contributed by atoms with Gasteiger partial charge in [0.15, 0.2) is 0 Å². The summed E-state index contributed by atoms with van der Waals surface area (Å²) in [5.74, 6) is 1.20. The van der Waals surface area contributed by atoms with Crippen LogP contribution >= 0.6 is 11.8 Å². The fraction of sp³-hybridized carbons (Fsp3) is 0.833. The van der Waals surface area contributed by atoms with Crippen LogP contribution in [0.1, 0.15) is 40.5 Å². The summed E-state index contributed by atoms with van der Waals surface area (Å²) >= 11 is 2.03. The molecule has 0 saturated carbocycles. The Balaban J connectivity index is 3.78. The van der Waals surface area contributed by atoms with Gasteiger partial charge in [-0.1, -0.05) is 26.3 Å². The summed E-state index contributed by atoms with van der Waals surface area (Å²) in [4.78, 5) is 0. The quantitative estimate of drug-likeness (QED) is 0.622. The van der Waals surface area contributed by atoms with Gasteiger partial charge in [0.2, 0.25) is 0 Å². The first kappa shape index (κ1) is 14.1. The van der Waals surface area contributed by atoms with E-state index in [9.17, 15) is 0 Å². The van der Waals surface area contributed by atoms with Crippen LogP contribution < -0.4 is 5.32 Å². The molecule has 84 valence electrons. The van der Waals surface area contributed by atoms with Crippen molar-refractivity contribution >= 4 is 11.8 Å². The topological polar surface area (TPSA) is 12.0 Å². The zero-order chi connectivity index (χ0) is 11.0. The molecule has 1 nitrogen and oxygen atoms in total. The molecule has 2 heteroatoms. The van der Waals surface area contributed by atoms with Crippen LogP contribution in [0.25, 0.3) is 0 Å². The Kier molecular flexibility index (Phi) is 8.40. The van der Waals surface area contributed by atoms with Crippen LogP contribution in [-0.2, 0) is 0 Å². The van der Waals surface area contributed by atoms with E-state index in [0.717, 1.165) is 18.2 Å². The molecule has 0 aromatic rings. The molecule has 0 rings (SSSR count). The Hall–Kier alpha value is 0.0500. The van der Waals surface area contributed by atoms with E-state index in [1.807, 2.05) is 11.8 Å². The molecule has 0 aromatic carbocycles. The molecule has 0 amide bonds. The summed E-state index contributed by atoms with van der Waals surface area (Å²) in [5, 5.41) is 4.30. The van der Waals surface area contributed by atoms with Gasteiger partial charge in [0.05, 0.1) is 0 Å². The van der Waals surface area contributed by atoms with Gasteiger partial charge in [-0.05, 0) is 31.6 Å². The van der Waals surface area contributed by atoms with E-state index in [0.29, 0.717) is 6.04 Å². The highest BCUT2D eigenvalue weighted by Gasteiger charge is 2.08. The van der Waals surface area contributed by atoms with Crippen LogP contribution in [0.3, 0.4) is 0 Å². The second-order valence-corrected chi connectivity index (χ2v) is 5.80. The summed E-state index contributed by atoms with van der Waals surface area (Å²) in [7, 11) is 0. The van der Waals surface area contributed by atoms with Gasteiger partial charge in [0, 0.05) is 11.8 Å². The van der Waals surface area contributed by atoms with Crippen molar-refractivity contribution in [1.82, 2.24) is 5.32 Å². The van der Waals surface area contributed by atoms with Gasteiger partial charge in [0.25, 0.3) is 0 Å². The number of rotatable bonds is 8. The minimum Gasteiger partial charge on any atom is -0.313 e. The van der Waals surface area contributed by atoms with Crippen LogP contribution in [-0.4, -0.2) is 23.6 Å². The van der Waals surface area contributed by atoms with E-state index < -0.39 is 0 Å². The lowest BCUT2D eigenvalue weighted by Gasteiger charge is -2.19. The molecule has 0 aromatic heterocycles. The molecule has 0 aliphatic carbocycles. The standard InChI is InChI=1S/C12H25NS/c1-6-7-13-12(8-10(2)3)9-14-11(4)5/h11-13H,2,6-9H2,1,3-5H3. The Morgan fingerprint density at radius 2 is 2.07 bits per heavy atom. The Morgan fingerprint density at radius 1 is 1.43 bits per heavy atom. The minimum absolute atomic E-state index is 0.611. The number of hydrogen-bond donors (Lipinski definition) is 1. The first-order valence-corrected chi connectivity index (χ1v) is 6.60. The van der Waals surface area contributed by atoms with Crippen molar-refractivity contribution in [3.63, 3.8) is 0 Å². The molecule has 1 atom stereocenters. The third kappa shape index (κ3) is 8.64. The number of nitrogens with one attached hydrogen (secondary N) is 1. The second kappa shape index (κ2) is 8.37. The first-order chi connectivity index (χ1) is 6.56. The van der Waals surface area contributed by atoms with Crippen molar-refractivity contribution in [2.24, 2.45) is 0 Å². The zero-order valence-corrected chi connectivity index (χ0v) is 10.9. The maximum Gasteiger partial charge on any atom is 0.0195 e. The Labute approximate surface area is 93.7 Å². The molecular weight excluding hydrogens is 190 g/mol. The van der Waals surface area contributed by atoms with E-state index in [2.05, 4.69) is 39.6 Å². The zero-order valence-electron chi connectivity index (χ0n) is 10.1. The van der Waals surface area contributed by atoms with Crippen molar-refractivity contribution < 1.29 is 0 Å². The highest BCUT2D eigenvalue weighted by molar-refractivity contribution is 7.99. The summed E-state index contributed by atoms with van der Waals surface area (Å²) in [5.41, 5.74) is 1.28. The van der Waals surface area contributed by atoms with Gasteiger partial charge >= 0.3 is 0 Å². The van der Waals surface area contributed by atoms with Gasteiger partial charge in [-0.15, -0.1) is 6.58 Å². The monoisotopic (exact) mass is 215 g/mol. The summed E-state index contributed by atoms with van der Waals surface area (Å²) in [6.45, 7) is 13.9. The highest BCUT2D eigenvalue weighted by atomic mass is 32.2. The average Bonchev–Trinajstić information content (AvgIpc) is 2.09. The van der Waals surface area contributed by atoms with Crippen molar-refractivity contribution in [2.75, 3.05) is 12.3 Å². The fourth-order valence-corrected chi connectivity index (χ4v) is 2.12. The summed E-state index contributed by atoms with van der Waals surface area (Å²) in [6.07, 6.45) is 2.32. The van der Waals surface area contributed by atoms with Gasteiger partial charge in [-0.2, -0.15) is 11.8 Å². The predicted molar refractivity (Wildman–Crippen MR) is 69.1 cm³/mol. The molecular formula is C12H25NS. The highest BCUT2D eigenvalue weighted by Crippen LogP contribution is 2.14. The number of thioether (sulfide) groups is 1. The van der Waals surface area contributed by atoms with Gasteiger partial charge in [0.1, 0.15) is 0 Å². The van der Waals surface area contributed by atoms with Crippen molar-refractivity contribution in [2.45, 2.75) is 51.8 Å². The van der Waals surface area contributed by atoms with Crippen LogP contribution in [0.5, 0.6) is 0 Å². The van der Waals surface area contributed by atoms with E-state index in [1.165, 1.54) is 17.7 Å². The van der Waals surface area contributed by atoms with Crippen molar-refractivity contribution in [3.8, 4) is 0 Å². The fourth-order valence-electron chi connectivity index (χ4n) is 1.27. The molecule has 0 radical (unpaired) electrons. The van der Waals surface area contributed by atoms with E-state index >= 15 is 0 Å². The molecule has 14 heavy (non-hydrogen) atoms. The normalized spacial score (nSPS) is 13.2.